The first-order valence-electron chi connectivity index (χ1n) is 6.25. The molecule has 0 amide bonds. The smallest absolute Gasteiger partial charge is 0.339 e. The molecule has 4 nitrogen and oxygen atoms in total. The van der Waals surface area contributed by atoms with Gasteiger partial charge in [0.1, 0.15) is 0 Å². The van der Waals surface area contributed by atoms with Crippen LogP contribution in [0.1, 0.15) is 21.5 Å². The number of esters is 1. The molecule has 2 rings (SSSR count). The summed E-state index contributed by atoms with van der Waals surface area (Å²) in [4.78, 5) is 11.6. The number of methoxy groups -OCH3 is 1. The lowest BCUT2D eigenvalue weighted by atomic mass is 10.1. The van der Waals surface area contributed by atoms with Crippen LogP contribution in [0.4, 0.5) is 5.69 Å². The molecule has 0 saturated heterocycles. The summed E-state index contributed by atoms with van der Waals surface area (Å²) >= 11 is 5.96. The molecular formula is C16H13ClN2O2. The number of nitriles is 1. The van der Waals surface area contributed by atoms with Crippen LogP contribution in [-0.2, 0) is 11.3 Å². The van der Waals surface area contributed by atoms with Gasteiger partial charge in [-0.05, 0) is 35.9 Å². The normalized spacial score (nSPS) is 9.76. The van der Waals surface area contributed by atoms with Crippen LogP contribution in [-0.4, -0.2) is 13.1 Å². The summed E-state index contributed by atoms with van der Waals surface area (Å²) in [5.74, 6) is -0.477. The van der Waals surface area contributed by atoms with Crippen LogP contribution in [0.15, 0.2) is 42.5 Å². The second-order valence-corrected chi connectivity index (χ2v) is 4.76. The number of hydrogen-bond acceptors (Lipinski definition) is 4. The molecule has 5 heteroatoms. The molecule has 2 aromatic rings. The predicted molar refractivity (Wildman–Crippen MR) is 81.3 cm³/mol. The maximum atomic E-state index is 11.6. The largest absolute Gasteiger partial charge is 0.465 e. The average molecular weight is 301 g/mol. The zero-order chi connectivity index (χ0) is 15.2. The number of anilines is 1. The van der Waals surface area contributed by atoms with Gasteiger partial charge in [0, 0.05) is 12.2 Å². The number of nitrogens with one attached hydrogen (secondary N) is 1. The summed E-state index contributed by atoms with van der Waals surface area (Å²) in [6, 6.07) is 14.5. The maximum absolute atomic E-state index is 11.6. The number of ether oxygens (including phenoxy) is 1. The van der Waals surface area contributed by atoms with Gasteiger partial charge in [-0.2, -0.15) is 5.26 Å². The van der Waals surface area contributed by atoms with Crippen molar-refractivity contribution in [2.75, 3.05) is 12.4 Å². The van der Waals surface area contributed by atoms with Crippen molar-refractivity contribution in [2.45, 2.75) is 6.54 Å². The fraction of sp³-hybridized carbons (Fsp3) is 0.125. The Balaban J connectivity index is 2.13. The molecule has 0 aliphatic heterocycles. The highest BCUT2D eigenvalue weighted by atomic mass is 35.5. The van der Waals surface area contributed by atoms with E-state index >= 15 is 0 Å². The molecule has 0 heterocycles. The minimum absolute atomic E-state index is 0.315. The van der Waals surface area contributed by atoms with Crippen molar-refractivity contribution in [1.29, 1.82) is 5.26 Å². The van der Waals surface area contributed by atoms with E-state index in [1.807, 2.05) is 18.2 Å². The summed E-state index contributed by atoms with van der Waals surface area (Å²) in [6.07, 6.45) is 0. The highest BCUT2D eigenvalue weighted by Crippen LogP contribution is 2.22. The van der Waals surface area contributed by atoms with Crippen molar-refractivity contribution < 1.29 is 9.53 Å². The predicted octanol–water partition coefficient (Wildman–Crippen LogP) is 3.61. The zero-order valence-corrected chi connectivity index (χ0v) is 12.1. The Morgan fingerprint density at radius 3 is 2.86 bits per heavy atom. The molecule has 0 atom stereocenters. The van der Waals surface area contributed by atoms with E-state index in [1.54, 1.807) is 24.3 Å². The highest BCUT2D eigenvalue weighted by molar-refractivity contribution is 6.33. The first kappa shape index (κ1) is 14.9. The fourth-order valence-electron chi connectivity index (χ4n) is 1.86. The van der Waals surface area contributed by atoms with E-state index in [0.717, 1.165) is 11.3 Å². The Hall–Kier alpha value is -2.51. The molecule has 0 radical (unpaired) electrons. The minimum Gasteiger partial charge on any atom is -0.465 e. The minimum atomic E-state index is -0.477. The summed E-state index contributed by atoms with van der Waals surface area (Å²) in [5, 5.41) is 12.4. The van der Waals surface area contributed by atoms with Crippen LogP contribution < -0.4 is 5.32 Å². The quantitative estimate of drug-likeness (QED) is 0.876. The Morgan fingerprint density at radius 1 is 1.33 bits per heavy atom. The first-order valence-corrected chi connectivity index (χ1v) is 6.62. The van der Waals surface area contributed by atoms with Gasteiger partial charge in [-0.1, -0.05) is 23.7 Å². The van der Waals surface area contributed by atoms with E-state index < -0.39 is 5.97 Å². The van der Waals surface area contributed by atoms with Crippen molar-refractivity contribution in [3.8, 4) is 6.07 Å². The molecular weight excluding hydrogens is 288 g/mol. The Bertz CT molecular complexity index is 708. The number of hydrogen-bond donors (Lipinski definition) is 1. The van der Waals surface area contributed by atoms with E-state index in [4.69, 9.17) is 16.9 Å². The van der Waals surface area contributed by atoms with Crippen molar-refractivity contribution >= 4 is 23.3 Å². The second kappa shape index (κ2) is 6.78. The van der Waals surface area contributed by atoms with Crippen LogP contribution >= 0.6 is 11.6 Å². The van der Waals surface area contributed by atoms with Crippen LogP contribution in [0.2, 0.25) is 5.02 Å². The molecule has 1 N–H and O–H groups in total. The lowest BCUT2D eigenvalue weighted by molar-refractivity contribution is 0.0601. The number of benzene rings is 2. The van der Waals surface area contributed by atoms with Gasteiger partial charge in [0.2, 0.25) is 0 Å². The highest BCUT2D eigenvalue weighted by Gasteiger charge is 2.11. The Morgan fingerprint density at radius 2 is 2.14 bits per heavy atom. The number of carbonyl (C=O) groups is 1. The summed E-state index contributed by atoms with van der Waals surface area (Å²) in [5.41, 5.74) is 2.65. The van der Waals surface area contributed by atoms with E-state index in [-0.39, 0.29) is 0 Å². The van der Waals surface area contributed by atoms with E-state index in [0.29, 0.717) is 22.7 Å². The summed E-state index contributed by atoms with van der Waals surface area (Å²) in [7, 11) is 1.31. The Labute approximate surface area is 127 Å². The molecule has 0 aliphatic carbocycles. The molecule has 0 aromatic heterocycles. The third-order valence-electron chi connectivity index (χ3n) is 2.92. The lowest BCUT2D eigenvalue weighted by Crippen LogP contribution is -2.05. The van der Waals surface area contributed by atoms with E-state index in [1.165, 1.54) is 7.11 Å². The third kappa shape index (κ3) is 3.74. The fourth-order valence-corrected chi connectivity index (χ4v) is 2.05. The zero-order valence-electron chi connectivity index (χ0n) is 11.4. The van der Waals surface area contributed by atoms with Gasteiger partial charge in [-0.25, -0.2) is 4.79 Å². The van der Waals surface area contributed by atoms with Gasteiger partial charge in [0.15, 0.2) is 0 Å². The van der Waals surface area contributed by atoms with Crippen LogP contribution in [0.25, 0.3) is 0 Å². The van der Waals surface area contributed by atoms with Crippen LogP contribution in [0.3, 0.4) is 0 Å². The van der Waals surface area contributed by atoms with Gasteiger partial charge >= 0.3 is 5.97 Å². The number of nitrogens with zero attached hydrogens (tertiary/aromatic N) is 1. The molecule has 0 aliphatic rings. The van der Waals surface area contributed by atoms with Gasteiger partial charge in [-0.15, -0.1) is 0 Å². The maximum Gasteiger partial charge on any atom is 0.339 e. The average Bonchev–Trinajstić information content (AvgIpc) is 2.53. The molecule has 2 aromatic carbocycles. The number of halogens is 1. The van der Waals surface area contributed by atoms with Crippen LogP contribution in [0.5, 0.6) is 0 Å². The van der Waals surface area contributed by atoms with Gasteiger partial charge < -0.3 is 10.1 Å². The number of carbonyl (C=O) groups excluding carboxylic acids is 1. The standard InChI is InChI=1S/C16H13ClN2O2/c1-21-16(20)14-8-13(5-6-15(14)17)19-10-12-4-2-3-11(7-12)9-18/h2-8,19H,10H2,1H3. The lowest BCUT2D eigenvalue weighted by Gasteiger charge is -2.09. The Kier molecular flexibility index (Phi) is 4.81. The summed E-state index contributed by atoms with van der Waals surface area (Å²) < 4.78 is 4.68. The molecule has 0 saturated carbocycles. The number of rotatable bonds is 4. The molecule has 106 valence electrons. The molecule has 0 spiro atoms. The van der Waals surface area contributed by atoms with Crippen molar-refractivity contribution in [2.24, 2.45) is 0 Å². The SMILES string of the molecule is COC(=O)c1cc(NCc2cccc(C#N)c2)ccc1Cl. The molecule has 21 heavy (non-hydrogen) atoms. The van der Waals surface area contributed by atoms with Crippen molar-refractivity contribution in [3.05, 3.63) is 64.2 Å². The molecule has 0 bridgehead atoms. The van der Waals surface area contributed by atoms with Crippen LogP contribution in [0, 0.1) is 11.3 Å². The van der Waals surface area contributed by atoms with Gasteiger partial charge in [-0.3, -0.25) is 0 Å². The molecule has 0 unspecified atom stereocenters. The topological polar surface area (TPSA) is 62.1 Å². The van der Waals surface area contributed by atoms with Gasteiger partial charge in [0.05, 0.1) is 29.3 Å². The van der Waals surface area contributed by atoms with E-state index in [9.17, 15) is 4.79 Å². The van der Waals surface area contributed by atoms with E-state index in [2.05, 4.69) is 16.1 Å². The summed E-state index contributed by atoms with van der Waals surface area (Å²) in [6.45, 7) is 0.539. The monoisotopic (exact) mass is 300 g/mol. The third-order valence-corrected chi connectivity index (χ3v) is 3.25. The van der Waals surface area contributed by atoms with Crippen molar-refractivity contribution in [3.63, 3.8) is 0 Å². The van der Waals surface area contributed by atoms with Crippen molar-refractivity contribution in [1.82, 2.24) is 0 Å². The first-order chi connectivity index (χ1) is 10.1. The molecule has 0 fully saturated rings. The second-order valence-electron chi connectivity index (χ2n) is 4.35. The van der Waals surface area contributed by atoms with Gasteiger partial charge in [0.25, 0.3) is 0 Å².